The van der Waals surface area contributed by atoms with Crippen LogP contribution in [0.3, 0.4) is 0 Å². The Morgan fingerprint density at radius 3 is 1.15 bits per heavy atom. The number of ether oxygens (including phenoxy) is 2. The summed E-state index contributed by atoms with van der Waals surface area (Å²) >= 11 is 0. The standard InChI is InChI=1S/C64H121NO8/c1-3-5-7-9-11-13-15-17-19-21-23-25-27-28-29-30-31-32-33-35-37-39-41-43-45-47-49-51-53-58(67)57(56-72-64-63(71)62(70)61(69)59(55-66)73-64)65-60(68)54-52-50-48-46-44-42-40-38-36-34-26-24-22-20-18-16-14-12-10-8-6-4-2/h35,37,43,45,51,53,57-59,61-64,66-67,69-71H,3-34,36,38-42,44,46-50,52,54-56H2,1-2H3,(H,65,68)/b37-35+,45-43+,53-51+. The van der Waals surface area contributed by atoms with Crippen molar-refractivity contribution in [3.05, 3.63) is 36.5 Å². The van der Waals surface area contributed by atoms with Gasteiger partial charge in [0.2, 0.25) is 5.91 Å². The van der Waals surface area contributed by atoms with Gasteiger partial charge in [0.05, 0.1) is 25.4 Å². The number of unbranched alkanes of at least 4 members (excludes halogenated alkanes) is 41. The molecule has 7 unspecified atom stereocenters. The SMILES string of the molecule is CCCCCCCCCCCCCCCCCCCC/C=C/CC/C=C/CC/C=C/C(O)C(COC1OC(CO)C(O)C(O)C1O)NC(=O)CCCCCCCCCCCCCCCCCCCCCCCC. The Morgan fingerprint density at radius 2 is 0.781 bits per heavy atom. The maximum absolute atomic E-state index is 13.1. The van der Waals surface area contributed by atoms with Crippen LogP contribution in [0.2, 0.25) is 0 Å². The minimum absolute atomic E-state index is 0.185. The van der Waals surface area contributed by atoms with Gasteiger partial charge < -0.3 is 40.3 Å². The second-order valence-corrected chi connectivity index (χ2v) is 22.2. The molecule has 1 heterocycles. The summed E-state index contributed by atoms with van der Waals surface area (Å²) in [5.41, 5.74) is 0. The minimum atomic E-state index is -1.57. The lowest BCUT2D eigenvalue weighted by Crippen LogP contribution is -2.60. The van der Waals surface area contributed by atoms with E-state index in [4.69, 9.17) is 9.47 Å². The molecule has 1 aliphatic heterocycles. The minimum Gasteiger partial charge on any atom is -0.394 e. The molecule has 1 fully saturated rings. The predicted octanol–water partition coefficient (Wildman–Crippen LogP) is 16.3. The lowest BCUT2D eigenvalue weighted by Gasteiger charge is -2.40. The molecule has 6 N–H and O–H groups in total. The number of carbonyl (C=O) groups excluding carboxylic acids is 1. The molecule has 7 atom stereocenters. The van der Waals surface area contributed by atoms with Crippen LogP contribution in [0.25, 0.3) is 0 Å². The number of hydrogen-bond acceptors (Lipinski definition) is 8. The van der Waals surface area contributed by atoms with E-state index in [0.717, 1.165) is 44.9 Å². The Morgan fingerprint density at radius 1 is 0.452 bits per heavy atom. The van der Waals surface area contributed by atoms with Gasteiger partial charge >= 0.3 is 0 Å². The van der Waals surface area contributed by atoms with Crippen LogP contribution in [0.1, 0.15) is 309 Å². The first-order chi connectivity index (χ1) is 35.8. The summed E-state index contributed by atoms with van der Waals surface area (Å²) in [5, 5.41) is 54.6. The van der Waals surface area contributed by atoms with Crippen LogP contribution in [0.15, 0.2) is 36.5 Å². The Kier molecular flexibility index (Phi) is 51.2. The highest BCUT2D eigenvalue weighted by atomic mass is 16.7. The predicted molar refractivity (Wildman–Crippen MR) is 309 cm³/mol. The molecule has 0 aromatic rings. The molecule has 430 valence electrons. The molecule has 0 aromatic heterocycles. The lowest BCUT2D eigenvalue weighted by molar-refractivity contribution is -0.302. The van der Waals surface area contributed by atoms with E-state index in [2.05, 4.69) is 43.5 Å². The van der Waals surface area contributed by atoms with E-state index in [9.17, 15) is 30.3 Å². The van der Waals surface area contributed by atoms with Gasteiger partial charge in [-0.3, -0.25) is 4.79 Å². The number of amides is 1. The topological polar surface area (TPSA) is 149 Å². The summed E-state index contributed by atoms with van der Waals surface area (Å²) in [6, 6.07) is -0.827. The molecular weight excluding hydrogens is 911 g/mol. The molecule has 1 amide bonds. The molecule has 0 bridgehead atoms. The van der Waals surface area contributed by atoms with Gasteiger partial charge in [0.1, 0.15) is 24.4 Å². The van der Waals surface area contributed by atoms with Crippen molar-refractivity contribution in [1.29, 1.82) is 0 Å². The summed E-state index contributed by atoms with van der Waals surface area (Å²) in [5.74, 6) is -0.185. The van der Waals surface area contributed by atoms with E-state index in [0.29, 0.717) is 6.42 Å². The van der Waals surface area contributed by atoms with Crippen LogP contribution < -0.4 is 5.32 Å². The van der Waals surface area contributed by atoms with Gasteiger partial charge in [-0.25, -0.2) is 0 Å². The molecule has 1 aliphatic rings. The van der Waals surface area contributed by atoms with Crippen molar-refractivity contribution < 1.29 is 39.8 Å². The molecule has 73 heavy (non-hydrogen) atoms. The molecule has 1 saturated heterocycles. The van der Waals surface area contributed by atoms with Crippen LogP contribution in [-0.4, -0.2) is 87.5 Å². The third-order valence-corrected chi connectivity index (χ3v) is 15.2. The van der Waals surface area contributed by atoms with E-state index in [-0.39, 0.29) is 12.5 Å². The summed E-state index contributed by atoms with van der Waals surface area (Å²) < 4.78 is 11.3. The molecule has 0 saturated carbocycles. The van der Waals surface area contributed by atoms with Crippen molar-refractivity contribution >= 4 is 5.91 Å². The van der Waals surface area contributed by atoms with Gasteiger partial charge in [-0.1, -0.05) is 294 Å². The molecule has 1 rings (SSSR count). The maximum atomic E-state index is 13.1. The molecule has 0 spiro atoms. The molecule has 9 nitrogen and oxygen atoms in total. The summed E-state index contributed by atoms with van der Waals surface area (Å²) in [6.45, 7) is 3.80. The highest BCUT2D eigenvalue weighted by Crippen LogP contribution is 2.23. The highest BCUT2D eigenvalue weighted by molar-refractivity contribution is 5.76. The third kappa shape index (κ3) is 43.1. The van der Waals surface area contributed by atoms with Crippen LogP contribution in [0.4, 0.5) is 0 Å². The summed E-state index contributed by atoms with van der Waals surface area (Å²) in [4.78, 5) is 13.1. The number of rotatable bonds is 55. The third-order valence-electron chi connectivity index (χ3n) is 15.2. The van der Waals surface area contributed by atoms with E-state index >= 15 is 0 Å². The Labute approximate surface area is 451 Å². The van der Waals surface area contributed by atoms with Crippen LogP contribution in [0, 0.1) is 0 Å². The molecule has 0 aromatic carbocycles. The normalized spacial score (nSPS) is 19.2. The van der Waals surface area contributed by atoms with Gasteiger partial charge in [-0.15, -0.1) is 0 Å². The van der Waals surface area contributed by atoms with Crippen molar-refractivity contribution in [3.8, 4) is 0 Å². The molecule has 9 heteroatoms. The van der Waals surface area contributed by atoms with Crippen LogP contribution in [-0.2, 0) is 14.3 Å². The fraction of sp³-hybridized carbons (Fsp3) is 0.891. The number of hydrogen-bond donors (Lipinski definition) is 6. The largest absolute Gasteiger partial charge is 0.394 e. The van der Waals surface area contributed by atoms with Gasteiger partial charge in [-0.05, 0) is 44.9 Å². The smallest absolute Gasteiger partial charge is 0.220 e. The zero-order valence-electron chi connectivity index (χ0n) is 47.9. The monoisotopic (exact) mass is 1030 g/mol. The van der Waals surface area contributed by atoms with Crippen molar-refractivity contribution in [2.24, 2.45) is 0 Å². The second-order valence-electron chi connectivity index (χ2n) is 22.2. The lowest BCUT2D eigenvalue weighted by atomic mass is 9.99. The number of aliphatic hydroxyl groups excluding tert-OH is 5. The van der Waals surface area contributed by atoms with Crippen molar-refractivity contribution in [2.75, 3.05) is 13.2 Å². The zero-order valence-corrected chi connectivity index (χ0v) is 47.9. The number of carbonyl (C=O) groups is 1. The van der Waals surface area contributed by atoms with Crippen molar-refractivity contribution in [2.45, 2.75) is 352 Å². The number of allylic oxidation sites excluding steroid dienone is 5. The van der Waals surface area contributed by atoms with E-state index in [1.54, 1.807) is 6.08 Å². The van der Waals surface area contributed by atoms with Gasteiger partial charge in [0.15, 0.2) is 6.29 Å². The molecular formula is C64H121NO8. The molecule has 0 radical (unpaired) electrons. The quantitative estimate of drug-likeness (QED) is 0.0261. The Hall–Kier alpha value is -1.59. The average molecular weight is 1030 g/mol. The van der Waals surface area contributed by atoms with Crippen molar-refractivity contribution in [3.63, 3.8) is 0 Å². The van der Waals surface area contributed by atoms with Gasteiger partial charge in [-0.2, -0.15) is 0 Å². The van der Waals surface area contributed by atoms with Gasteiger partial charge in [0.25, 0.3) is 0 Å². The van der Waals surface area contributed by atoms with Gasteiger partial charge in [0, 0.05) is 6.42 Å². The Balaban J connectivity index is 2.21. The first-order valence-corrected chi connectivity index (χ1v) is 31.7. The summed E-state index contributed by atoms with van der Waals surface area (Å²) in [7, 11) is 0. The first-order valence-electron chi connectivity index (χ1n) is 31.7. The average Bonchev–Trinajstić information content (AvgIpc) is 3.39. The van der Waals surface area contributed by atoms with E-state index in [1.807, 2.05) is 6.08 Å². The Bertz CT molecular complexity index is 1240. The first kappa shape index (κ1) is 69.4. The number of nitrogens with one attached hydrogen (secondary N) is 1. The number of aliphatic hydroxyl groups is 5. The maximum Gasteiger partial charge on any atom is 0.220 e. The van der Waals surface area contributed by atoms with Crippen LogP contribution >= 0.6 is 0 Å². The zero-order chi connectivity index (χ0) is 52.9. The fourth-order valence-corrected chi connectivity index (χ4v) is 10.2. The van der Waals surface area contributed by atoms with E-state index < -0.39 is 49.5 Å². The highest BCUT2D eigenvalue weighted by Gasteiger charge is 2.44. The van der Waals surface area contributed by atoms with Crippen molar-refractivity contribution in [1.82, 2.24) is 5.32 Å². The van der Waals surface area contributed by atoms with E-state index in [1.165, 1.54) is 244 Å². The van der Waals surface area contributed by atoms with Crippen LogP contribution in [0.5, 0.6) is 0 Å². The second kappa shape index (κ2) is 53.8. The molecule has 0 aliphatic carbocycles. The fourth-order valence-electron chi connectivity index (χ4n) is 10.2. The summed E-state index contributed by atoms with van der Waals surface area (Å²) in [6.07, 6.45) is 63.8.